The largest absolute Gasteiger partial charge is 0.480 e. The molecular weight excluding hydrogens is 478 g/mol. The molecule has 4 rings (SSSR count). The van der Waals surface area contributed by atoms with Gasteiger partial charge in [-0.15, -0.1) is 0 Å². The molecule has 0 bridgehead atoms. The van der Waals surface area contributed by atoms with Gasteiger partial charge in [-0.25, -0.2) is 4.79 Å². The second-order valence-corrected chi connectivity index (χ2v) is 8.99. The quantitative estimate of drug-likeness (QED) is 0.416. The predicted molar refractivity (Wildman–Crippen MR) is 140 cm³/mol. The lowest BCUT2D eigenvalue weighted by atomic mass is 10.0. The van der Waals surface area contributed by atoms with Crippen LogP contribution in [0.4, 0.5) is 0 Å². The topological polar surface area (TPSA) is 101 Å². The van der Waals surface area contributed by atoms with Crippen LogP contribution in [-0.2, 0) is 20.7 Å². The molecule has 3 aromatic rings. The number of pyridine rings is 1. The number of carbonyl (C=O) groups excluding carboxylic acids is 1. The Labute approximate surface area is 216 Å². The first-order valence-electron chi connectivity index (χ1n) is 12.0. The lowest BCUT2D eigenvalue weighted by molar-refractivity contribution is -0.141. The highest BCUT2D eigenvalue weighted by molar-refractivity contribution is 6.30. The van der Waals surface area contributed by atoms with Crippen molar-refractivity contribution in [3.8, 4) is 0 Å². The minimum absolute atomic E-state index is 0.133. The molecule has 0 spiro atoms. The van der Waals surface area contributed by atoms with Gasteiger partial charge in [0.1, 0.15) is 12.1 Å². The maximum absolute atomic E-state index is 10.8. The number of hydrogen-bond acceptors (Lipinski definition) is 5. The minimum Gasteiger partial charge on any atom is -0.480 e. The van der Waals surface area contributed by atoms with Crippen LogP contribution in [0.25, 0.3) is 0 Å². The fourth-order valence-electron chi connectivity index (χ4n) is 3.91. The standard InChI is InChI=1S/C17H19ClN2O.C11H13NO3/c18-14-6-4-13(5-7-14)17(16-3-1-2-10-20-16)21-15-8-11-19-12-9-15;1-8(13)12-10(11(14)15)7-9-5-3-2-4-6-9/h1-7,10,15,17,19H,8-9,11-12H2;2-6,10H,7H2,1H3,(H,12,13)(H,14,15). The van der Waals surface area contributed by atoms with E-state index < -0.39 is 12.0 Å². The minimum atomic E-state index is -1.02. The van der Waals surface area contributed by atoms with Gasteiger partial charge in [-0.05, 0) is 61.3 Å². The van der Waals surface area contributed by atoms with Crippen LogP contribution in [0.2, 0.25) is 5.02 Å². The van der Waals surface area contributed by atoms with E-state index in [9.17, 15) is 9.59 Å². The zero-order chi connectivity index (χ0) is 25.8. The number of piperidine rings is 1. The fourth-order valence-corrected chi connectivity index (χ4v) is 4.03. The molecule has 2 heterocycles. The summed E-state index contributed by atoms with van der Waals surface area (Å²) in [4.78, 5) is 26.1. The summed E-state index contributed by atoms with van der Waals surface area (Å²) in [6.07, 6.45) is 4.33. The number of nitrogens with zero attached hydrogens (tertiary/aromatic N) is 1. The van der Waals surface area contributed by atoms with E-state index in [1.165, 1.54) is 6.92 Å². The van der Waals surface area contributed by atoms with E-state index in [4.69, 9.17) is 21.4 Å². The number of rotatable bonds is 8. The van der Waals surface area contributed by atoms with Crippen molar-refractivity contribution in [2.24, 2.45) is 0 Å². The third-order valence-corrected chi connectivity index (χ3v) is 5.95. The van der Waals surface area contributed by atoms with Crippen molar-refractivity contribution in [1.82, 2.24) is 15.6 Å². The second-order valence-electron chi connectivity index (χ2n) is 8.55. The molecule has 0 radical (unpaired) electrons. The maximum atomic E-state index is 10.8. The molecule has 7 nitrogen and oxygen atoms in total. The van der Waals surface area contributed by atoms with Gasteiger partial charge in [0, 0.05) is 24.6 Å². The van der Waals surface area contributed by atoms with E-state index >= 15 is 0 Å². The van der Waals surface area contributed by atoms with Crippen LogP contribution < -0.4 is 10.6 Å². The summed E-state index contributed by atoms with van der Waals surface area (Å²) in [5.74, 6) is -1.35. The van der Waals surface area contributed by atoms with Gasteiger partial charge < -0.3 is 20.5 Å². The van der Waals surface area contributed by atoms with Crippen LogP contribution in [0.5, 0.6) is 0 Å². The number of amides is 1. The molecular formula is C28H32ClN3O4. The molecule has 36 heavy (non-hydrogen) atoms. The summed E-state index contributed by atoms with van der Waals surface area (Å²) >= 11 is 5.99. The lowest BCUT2D eigenvalue weighted by Crippen LogP contribution is -2.41. The van der Waals surface area contributed by atoms with Gasteiger partial charge in [-0.2, -0.15) is 0 Å². The molecule has 1 aliphatic heterocycles. The summed E-state index contributed by atoms with van der Waals surface area (Å²) in [5.41, 5.74) is 2.92. The Morgan fingerprint density at radius 2 is 1.72 bits per heavy atom. The third-order valence-electron chi connectivity index (χ3n) is 5.70. The number of benzene rings is 2. The monoisotopic (exact) mass is 509 g/mol. The van der Waals surface area contributed by atoms with Gasteiger partial charge in [-0.3, -0.25) is 9.78 Å². The number of aromatic nitrogens is 1. The van der Waals surface area contributed by atoms with Crippen LogP contribution in [0, 0.1) is 0 Å². The molecule has 0 saturated carbocycles. The van der Waals surface area contributed by atoms with Gasteiger partial charge in [-0.1, -0.05) is 60.1 Å². The number of nitrogens with one attached hydrogen (secondary N) is 2. The molecule has 1 saturated heterocycles. The fraction of sp³-hybridized carbons (Fsp3) is 0.321. The zero-order valence-corrected chi connectivity index (χ0v) is 21.0. The van der Waals surface area contributed by atoms with Crippen LogP contribution in [0.15, 0.2) is 79.0 Å². The van der Waals surface area contributed by atoms with Gasteiger partial charge >= 0.3 is 5.97 Å². The summed E-state index contributed by atoms with van der Waals surface area (Å²) in [6.45, 7) is 3.33. The van der Waals surface area contributed by atoms with Crippen molar-refractivity contribution in [1.29, 1.82) is 0 Å². The molecule has 3 N–H and O–H groups in total. The maximum Gasteiger partial charge on any atom is 0.326 e. The molecule has 1 aliphatic rings. The van der Waals surface area contributed by atoms with E-state index in [1.807, 2.05) is 79.0 Å². The molecule has 2 unspecified atom stereocenters. The Hall–Kier alpha value is -3.26. The van der Waals surface area contributed by atoms with Crippen LogP contribution in [0.1, 0.15) is 42.7 Å². The van der Waals surface area contributed by atoms with Crippen molar-refractivity contribution in [3.05, 3.63) is 101 Å². The van der Waals surface area contributed by atoms with Crippen LogP contribution in [0.3, 0.4) is 0 Å². The Kier molecular flexibility index (Phi) is 10.9. The molecule has 190 valence electrons. The number of carboxylic acid groups (broad SMARTS) is 1. The zero-order valence-electron chi connectivity index (χ0n) is 20.3. The smallest absolute Gasteiger partial charge is 0.326 e. The average Bonchev–Trinajstić information content (AvgIpc) is 2.89. The van der Waals surface area contributed by atoms with Gasteiger partial charge in [0.05, 0.1) is 11.8 Å². The third kappa shape index (κ3) is 9.07. The SMILES string of the molecule is CC(=O)NC(Cc1ccccc1)C(=O)O.Clc1ccc(C(OC2CCNCC2)c2ccccn2)cc1. The summed E-state index contributed by atoms with van der Waals surface area (Å²) in [5, 5.41) is 15.4. The summed E-state index contributed by atoms with van der Waals surface area (Å²) in [6, 6.07) is 22.1. The van der Waals surface area contributed by atoms with E-state index in [1.54, 1.807) is 0 Å². The Morgan fingerprint density at radius 1 is 1.06 bits per heavy atom. The summed E-state index contributed by atoms with van der Waals surface area (Å²) < 4.78 is 6.36. The predicted octanol–water partition coefficient (Wildman–Crippen LogP) is 4.41. The van der Waals surface area contributed by atoms with Crippen molar-refractivity contribution in [2.45, 2.75) is 44.4 Å². The van der Waals surface area contributed by atoms with Crippen LogP contribution in [-0.4, -0.2) is 47.2 Å². The number of aliphatic carboxylic acids is 1. The number of carbonyl (C=O) groups is 2. The highest BCUT2D eigenvalue weighted by Gasteiger charge is 2.23. The number of ether oxygens (including phenoxy) is 1. The molecule has 2 atom stereocenters. The molecule has 1 aromatic heterocycles. The molecule has 2 aromatic carbocycles. The first-order valence-corrected chi connectivity index (χ1v) is 12.4. The summed E-state index contributed by atoms with van der Waals surface area (Å²) in [7, 11) is 0. The van der Waals surface area contributed by atoms with Crippen LogP contribution >= 0.6 is 11.6 Å². The first-order chi connectivity index (χ1) is 17.4. The van der Waals surface area contributed by atoms with Gasteiger partial charge in [0.15, 0.2) is 0 Å². The normalized spacial score (nSPS) is 15.2. The lowest BCUT2D eigenvalue weighted by Gasteiger charge is -2.28. The molecule has 1 amide bonds. The van der Waals surface area contributed by atoms with E-state index in [2.05, 4.69) is 15.6 Å². The van der Waals surface area contributed by atoms with E-state index in [0.717, 1.165) is 47.8 Å². The number of carboxylic acids is 1. The molecule has 1 fully saturated rings. The van der Waals surface area contributed by atoms with Crippen molar-refractivity contribution in [2.75, 3.05) is 13.1 Å². The van der Waals surface area contributed by atoms with Crippen molar-refractivity contribution in [3.63, 3.8) is 0 Å². The van der Waals surface area contributed by atoms with Crippen molar-refractivity contribution >= 4 is 23.5 Å². The highest BCUT2D eigenvalue weighted by atomic mass is 35.5. The first kappa shape index (κ1) is 27.3. The van der Waals surface area contributed by atoms with E-state index in [-0.39, 0.29) is 18.1 Å². The van der Waals surface area contributed by atoms with E-state index in [0.29, 0.717) is 6.42 Å². The van der Waals surface area contributed by atoms with Gasteiger partial charge in [0.25, 0.3) is 0 Å². The number of halogens is 1. The van der Waals surface area contributed by atoms with Crippen molar-refractivity contribution < 1.29 is 19.4 Å². The Bertz CT molecular complexity index is 1070. The van der Waals surface area contributed by atoms with Gasteiger partial charge in [0.2, 0.25) is 5.91 Å². The average molecular weight is 510 g/mol. The second kappa shape index (κ2) is 14.3. The Balaban J connectivity index is 0.000000214. The molecule has 8 heteroatoms. The highest BCUT2D eigenvalue weighted by Crippen LogP contribution is 2.28. The Morgan fingerprint density at radius 3 is 2.31 bits per heavy atom. The molecule has 0 aliphatic carbocycles. The number of hydrogen-bond donors (Lipinski definition) is 3.